The van der Waals surface area contributed by atoms with Crippen molar-refractivity contribution in [3.05, 3.63) is 46.0 Å². The summed E-state index contributed by atoms with van der Waals surface area (Å²) in [5, 5.41) is 10.5. The van der Waals surface area contributed by atoms with Gasteiger partial charge >= 0.3 is 5.69 Å². The van der Waals surface area contributed by atoms with Crippen LogP contribution in [-0.2, 0) is 10.0 Å². The Labute approximate surface area is 113 Å². The van der Waals surface area contributed by atoms with Crippen LogP contribution in [0.1, 0.15) is 0 Å². The van der Waals surface area contributed by atoms with E-state index in [2.05, 4.69) is 0 Å². The third kappa shape index (κ3) is 3.79. The normalized spacial score (nSPS) is 11.9. The summed E-state index contributed by atoms with van der Waals surface area (Å²) in [6.45, 7) is 0.0161. The van der Waals surface area contributed by atoms with E-state index in [1.165, 1.54) is 12.2 Å². The van der Waals surface area contributed by atoms with Crippen LogP contribution in [0.5, 0.6) is 0 Å². The van der Waals surface area contributed by atoms with E-state index in [-0.39, 0.29) is 19.2 Å². The maximum Gasteiger partial charge on any atom is 0.306 e. The molecule has 0 radical (unpaired) electrons. The van der Waals surface area contributed by atoms with Crippen LogP contribution < -0.4 is 10.5 Å². The van der Waals surface area contributed by atoms with E-state index in [9.17, 15) is 27.3 Å². The summed E-state index contributed by atoms with van der Waals surface area (Å²) in [6.07, 6.45) is 2.85. The number of nitro benzene ring substituents is 1. The second-order valence-corrected chi connectivity index (χ2v) is 5.29. The van der Waals surface area contributed by atoms with E-state index < -0.39 is 37.2 Å². The highest BCUT2D eigenvalue weighted by Crippen LogP contribution is 2.24. The predicted octanol–water partition coefficient (Wildman–Crippen LogP) is 0.666. The van der Waals surface area contributed by atoms with Gasteiger partial charge in [-0.2, -0.15) is 4.39 Å². The minimum absolute atomic E-state index is 0.155. The highest BCUT2D eigenvalue weighted by atomic mass is 32.2. The molecule has 0 heterocycles. The van der Waals surface area contributed by atoms with E-state index in [4.69, 9.17) is 5.73 Å². The molecule has 0 saturated heterocycles. The first kappa shape index (κ1) is 16.1. The Balaban J connectivity index is 3.15. The Kier molecular flexibility index (Phi) is 5.25. The van der Waals surface area contributed by atoms with Crippen molar-refractivity contribution in [3.63, 3.8) is 0 Å². The summed E-state index contributed by atoms with van der Waals surface area (Å²) < 4.78 is 52.0. The third-order valence-electron chi connectivity index (χ3n) is 2.18. The van der Waals surface area contributed by atoms with Gasteiger partial charge in [-0.1, -0.05) is 12.2 Å². The smallest absolute Gasteiger partial charge is 0.306 e. The summed E-state index contributed by atoms with van der Waals surface area (Å²) in [7, 11) is -4.33. The zero-order valence-corrected chi connectivity index (χ0v) is 10.9. The fraction of sp³-hybridized carbons (Fsp3) is 0.200. The van der Waals surface area contributed by atoms with E-state index in [1.54, 1.807) is 0 Å². The maximum absolute atomic E-state index is 13.4. The van der Waals surface area contributed by atoms with Crippen LogP contribution in [0.2, 0.25) is 0 Å². The molecular weight excluding hydrogens is 296 g/mol. The Bertz CT molecular complexity index is 646. The van der Waals surface area contributed by atoms with Crippen LogP contribution in [0.3, 0.4) is 0 Å². The Morgan fingerprint density at radius 3 is 2.50 bits per heavy atom. The summed E-state index contributed by atoms with van der Waals surface area (Å²) in [6, 6.07) is 0.488. The van der Waals surface area contributed by atoms with E-state index in [1.807, 2.05) is 4.72 Å². The molecule has 0 bridgehead atoms. The highest BCUT2D eigenvalue weighted by molar-refractivity contribution is 7.89. The van der Waals surface area contributed by atoms with Gasteiger partial charge in [-0.25, -0.2) is 17.5 Å². The van der Waals surface area contributed by atoms with Gasteiger partial charge in [0.1, 0.15) is 10.7 Å². The predicted molar refractivity (Wildman–Crippen MR) is 66.4 cm³/mol. The monoisotopic (exact) mass is 307 g/mol. The van der Waals surface area contributed by atoms with Crippen molar-refractivity contribution in [3.8, 4) is 0 Å². The number of nitrogens with zero attached hydrogens (tertiary/aromatic N) is 1. The SMILES string of the molecule is NC/C=C/CNS(=O)(=O)c1cc([N+](=O)[O-])c(F)cc1F. The molecule has 20 heavy (non-hydrogen) atoms. The van der Waals surface area contributed by atoms with Crippen molar-refractivity contribution in [1.29, 1.82) is 0 Å². The summed E-state index contributed by atoms with van der Waals surface area (Å²) >= 11 is 0. The molecule has 0 unspecified atom stereocenters. The lowest BCUT2D eigenvalue weighted by atomic mass is 10.3. The van der Waals surface area contributed by atoms with Crippen LogP contribution in [-0.4, -0.2) is 26.4 Å². The number of sulfonamides is 1. The van der Waals surface area contributed by atoms with Gasteiger partial charge in [-0.3, -0.25) is 10.1 Å². The lowest BCUT2D eigenvalue weighted by Gasteiger charge is -2.06. The lowest BCUT2D eigenvalue weighted by Crippen LogP contribution is -2.25. The second-order valence-electron chi connectivity index (χ2n) is 3.55. The molecule has 7 nitrogen and oxygen atoms in total. The van der Waals surface area contributed by atoms with Gasteiger partial charge in [-0.15, -0.1) is 0 Å². The van der Waals surface area contributed by atoms with E-state index >= 15 is 0 Å². The van der Waals surface area contributed by atoms with Crippen LogP contribution in [0, 0.1) is 21.7 Å². The fourth-order valence-corrected chi connectivity index (χ4v) is 2.33. The molecule has 1 aromatic rings. The fourth-order valence-electron chi connectivity index (χ4n) is 1.28. The van der Waals surface area contributed by atoms with E-state index in [0.717, 1.165) is 0 Å². The van der Waals surface area contributed by atoms with Crippen molar-refractivity contribution in [2.45, 2.75) is 4.90 Å². The summed E-state index contributed by atoms with van der Waals surface area (Å²) in [4.78, 5) is 8.38. The number of nitro groups is 1. The molecule has 0 aliphatic carbocycles. The zero-order chi connectivity index (χ0) is 15.3. The number of nitrogens with one attached hydrogen (secondary N) is 1. The standard InChI is InChI=1S/C10H11F2N3O4S/c11-7-5-8(12)10(6-9(7)15(16)17)20(18,19)14-4-2-1-3-13/h1-2,5-6,14H,3-4,13H2/b2-1+. The average Bonchev–Trinajstić information content (AvgIpc) is 2.33. The molecule has 0 aliphatic heterocycles. The number of hydrogen-bond acceptors (Lipinski definition) is 5. The van der Waals surface area contributed by atoms with E-state index in [0.29, 0.717) is 6.07 Å². The van der Waals surface area contributed by atoms with Crippen molar-refractivity contribution < 1.29 is 22.1 Å². The van der Waals surface area contributed by atoms with Gasteiger partial charge in [0.15, 0.2) is 0 Å². The minimum Gasteiger partial charge on any atom is -0.327 e. The number of halogens is 2. The van der Waals surface area contributed by atoms with Crippen molar-refractivity contribution in [1.82, 2.24) is 4.72 Å². The number of rotatable bonds is 6. The Hall–Kier alpha value is -1.91. The van der Waals surface area contributed by atoms with Crippen molar-refractivity contribution >= 4 is 15.7 Å². The number of benzene rings is 1. The van der Waals surface area contributed by atoms with Gasteiger partial charge in [0.05, 0.1) is 4.92 Å². The van der Waals surface area contributed by atoms with Gasteiger partial charge in [0.25, 0.3) is 0 Å². The van der Waals surface area contributed by atoms with Crippen LogP contribution in [0.25, 0.3) is 0 Å². The van der Waals surface area contributed by atoms with Crippen LogP contribution in [0.15, 0.2) is 29.2 Å². The zero-order valence-electron chi connectivity index (χ0n) is 10.0. The Morgan fingerprint density at radius 1 is 1.30 bits per heavy atom. The number of nitrogens with two attached hydrogens (primary N) is 1. The van der Waals surface area contributed by atoms with Crippen LogP contribution in [0.4, 0.5) is 14.5 Å². The second kappa shape index (κ2) is 6.50. The first-order valence-corrected chi connectivity index (χ1v) is 6.76. The number of hydrogen-bond donors (Lipinski definition) is 2. The summed E-state index contributed by atoms with van der Waals surface area (Å²) in [5.41, 5.74) is 4.02. The van der Waals surface area contributed by atoms with Crippen molar-refractivity contribution in [2.24, 2.45) is 5.73 Å². The van der Waals surface area contributed by atoms with Crippen LogP contribution >= 0.6 is 0 Å². The van der Waals surface area contributed by atoms with Crippen molar-refractivity contribution in [2.75, 3.05) is 13.1 Å². The third-order valence-corrected chi connectivity index (χ3v) is 3.62. The average molecular weight is 307 g/mol. The highest BCUT2D eigenvalue weighted by Gasteiger charge is 2.25. The molecular formula is C10H11F2N3O4S. The molecule has 1 rings (SSSR count). The minimum atomic E-state index is -4.33. The molecule has 0 aromatic heterocycles. The van der Waals surface area contributed by atoms with Gasteiger partial charge in [0, 0.05) is 25.2 Å². The molecule has 110 valence electrons. The molecule has 0 amide bonds. The quantitative estimate of drug-likeness (QED) is 0.455. The lowest BCUT2D eigenvalue weighted by molar-refractivity contribution is -0.387. The van der Waals surface area contributed by atoms with Gasteiger partial charge < -0.3 is 5.73 Å². The first-order chi connectivity index (χ1) is 9.29. The molecule has 0 atom stereocenters. The first-order valence-electron chi connectivity index (χ1n) is 5.27. The molecule has 0 aliphatic rings. The maximum atomic E-state index is 13.4. The topological polar surface area (TPSA) is 115 Å². The Morgan fingerprint density at radius 2 is 1.95 bits per heavy atom. The molecule has 0 fully saturated rings. The molecule has 1 aromatic carbocycles. The van der Waals surface area contributed by atoms with Gasteiger partial charge in [-0.05, 0) is 0 Å². The molecule has 0 spiro atoms. The molecule has 0 saturated carbocycles. The van der Waals surface area contributed by atoms with Gasteiger partial charge in [0.2, 0.25) is 15.8 Å². The largest absolute Gasteiger partial charge is 0.327 e. The molecule has 3 N–H and O–H groups in total. The molecule has 10 heteroatoms. The summed E-state index contributed by atoms with van der Waals surface area (Å²) in [5.74, 6) is -2.86.